The van der Waals surface area contributed by atoms with Crippen molar-refractivity contribution in [2.75, 3.05) is 13.2 Å². The van der Waals surface area contributed by atoms with Crippen LogP contribution in [-0.4, -0.2) is 46.4 Å². The van der Waals surface area contributed by atoms with Crippen LogP contribution in [0, 0.1) is 5.92 Å². The molecular weight excluding hydrogens is 348 g/mol. The number of hydrogen-bond acceptors (Lipinski definition) is 5. The molecule has 1 spiro atoms. The molecule has 2 atom stereocenters. The van der Waals surface area contributed by atoms with Gasteiger partial charge in [0.05, 0.1) is 6.61 Å². The SMILES string of the molecule is CCOc1ncccc1CNC(=O)CN1C(=O)N[C@]2(CCCC[C@H]2C)C1=O. The van der Waals surface area contributed by atoms with Crippen molar-refractivity contribution in [2.45, 2.75) is 51.6 Å². The van der Waals surface area contributed by atoms with E-state index in [1.54, 1.807) is 12.3 Å². The summed E-state index contributed by atoms with van der Waals surface area (Å²) in [5.74, 6) is -0.151. The minimum Gasteiger partial charge on any atom is -0.478 e. The van der Waals surface area contributed by atoms with Gasteiger partial charge in [-0.2, -0.15) is 0 Å². The molecule has 146 valence electrons. The van der Waals surface area contributed by atoms with Gasteiger partial charge in [-0.05, 0) is 31.7 Å². The van der Waals surface area contributed by atoms with E-state index >= 15 is 0 Å². The molecule has 1 saturated carbocycles. The Morgan fingerprint density at radius 2 is 2.26 bits per heavy atom. The lowest BCUT2D eigenvalue weighted by atomic mass is 9.73. The number of hydrogen-bond donors (Lipinski definition) is 2. The summed E-state index contributed by atoms with van der Waals surface area (Å²) in [6.45, 7) is 4.24. The first kappa shape index (κ1) is 19.1. The first-order valence-corrected chi connectivity index (χ1v) is 9.45. The van der Waals surface area contributed by atoms with Gasteiger partial charge in [0, 0.05) is 18.3 Å². The van der Waals surface area contributed by atoms with E-state index < -0.39 is 17.5 Å². The predicted molar refractivity (Wildman–Crippen MR) is 97.9 cm³/mol. The largest absolute Gasteiger partial charge is 0.478 e. The number of urea groups is 1. The Kier molecular flexibility index (Phi) is 5.62. The lowest BCUT2D eigenvalue weighted by Crippen LogP contribution is -2.54. The molecule has 0 bridgehead atoms. The first-order chi connectivity index (χ1) is 13.0. The van der Waals surface area contributed by atoms with Gasteiger partial charge in [-0.1, -0.05) is 25.8 Å². The van der Waals surface area contributed by atoms with E-state index in [0.29, 0.717) is 18.9 Å². The number of rotatable bonds is 6. The number of ether oxygens (including phenoxy) is 1. The maximum atomic E-state index is 12.9. The zero-order chi connectivity index (χ0) is 19.4. The number of aromatic nitrogens is 1. The third-order valence-electron chi connectivity index (χ3n) is 5.41. The molecule has 1 aliphatic carbocycles. The number of nitrogens with zero attached hydrogens (tertiary/aromatic N) is 2. The highest BCUT2D eigenvalue weighted by Gasteiger charge is 2.55. The van der Waals surface area contributed by atoms with Gasteiger partial charge >= 0.3 is 6.03 Å². The molecule has 1 saturated heterocycles. The number of amides is 4. The summed E-state index contributed by atoms with van der Waals surface area (Å²) in [6.07, 6.45) is 5.10. The fourth-order valence-corrected chi connectivity index (χ4v) is 3.86. The highest BCUT2D eigenvalue weighted by molar-refractivity contribution is 6.09. The van der Waals surface area contributed by atoms with E-state index in [9.17, 15) is 14.4 Å². The molecule has 2 fully saturated rings. The van der Waals surface area contributed by atoms with Gasteiger partial charge in [0.2, 0.25) is 11.8 Å². The standard InChI is InChI=1S/C19H26N4O4/c1-3-27-16-14(8-6-10-20-16)11-21-15(24)12-23-17(25)19(22-18(23)26)9-5-4-7-13(19)2/h6,8,10,13H,3-5,7,9,11-12H2,1-2H3,(H,21,24)(H,22,26)/t13-,19+/m1/s1. The van der Waals surface area contributed by atoms with Gasteiger partial charge in [0.25, 0.3) is 5.91 Å². The molecule has 27 heavy (non-hydrogen) atoms. The van der Waals surface area contributed by atoms with Gasteiger partial charge in [-0.3, -0.25) is 14.5 Å². The van der Waals surface area contributed by atoms with E-state index in [0.717, 1.165) is 29.7 Å². The predicted octanol–water partition coefficient (Wildman–Crippen LogP) is 1.60. The Morgan fingerprint density at radius 3 is 3.00 bits per heavy atom. The Hall–Kier alpha value is -2.64. The Balaban J connectivity index is 1.61. The second kappa shape index (κ2) is 7.94. The van der Waals surface area contributed by atoms with Crippen LogP contribution in [0.5, 0.6) is 5.88 Å². The van der Waals surface area contributed by atoms with Crippen molar-refractivity contribution in [3.63, 3.8) is 0 Å². The first-order valence-electron chi connectivity index (χ1n) is 9.45. The maximum absolute atomic E-state index is 12.9. The zero-order valence-corrected chi connectivity index (χ0v) is 15.8. The van der Waals surface area contributed by atoms with Crippen molar-refractivity contribution >= 4 is 17.8 Å². The minimum absolute atomic E-state index is 0.0694. The fourth-order valence-electron chi connectivity index (χ4n) is 3.86. The van der Waals surface area contributed by atoms with Crippen LogP contribution >= 0.6 is 0 Å². The molecule has 0 aromatic carbocycles. The average molecular weight is 374 g/mol. The number of carbonyl (C=O) groups is 3. The van der Waals surface area contributed by atoms with E-state index in [1.807, 2.05) is 19.9 Å². The molecule has 0 unspecified atom stereocenters. The molecule has 2 heterocycles. The van der Waals surface area contributed by atoms with Gasteiger partial charge in [0.15, 0.2) is 0 Å². The molecule has 1 aromatic heterocycles. The Labute approximate surface area is 158 Å². The highest BCUT2D eigenvalue weighted by Crippen LogP contribution is 2.38. The van der Waals surface area contributed by atoms with Gasteiger partial charge in [-0.25, -0.2) is 9.78 Å². The summed E-state index contributed by atoms with van der Waals surface area (Å²) in [5, 5.41) is 5.59. The number of carbonyl (C=O) groups excluding carboxylic acids is 3. The second-order valence-corrected chi connectivity index (χ2v) is 7.12. The molecular formula is C19H26N4O4. The molecule has 8 nitrogen and oxygen atoms in total. The second-order valence-electron chi connectivity index (χ2n) is 7.12. The molecule has 2 N–H and O–H groups in total. The summed E-state index contributed by atoms with van der Waals surface area (Å²) < 4.78 is 5.43. The van der Waals surface area contributed by atoms with Crippen LogP contribution in [-0.2, 0) is 16.1 Å². The van der Waals surface area contributed by atoms with Crippen molar-refractivity contribution in [2.24, 2.45) is 5.92 Å². The maximum Gasteiger partial charge on any atom is 0.325 e. The Morgan fingerprint density at radius 1 is 1.44 bits per heavy atom. The van der Waals surface area contributed by atoms with Crippen LogP contribution in [0.3, 0.4) is 0 Å². The zero-order valence-electron chi connectivity index (χ0n) is 15.8. The Bertz CT molecular complexity index is 738. The number of imide groups is 1. The summed E-state index contributed by atoms with van der Waals surface area (Å²) in [6, 6.07) is 3.08. The van der Waals surface area contributed by atoms with Crippen LogP contribution in [0.4, 0.5) is 4.79 Å². The van der Waals surface area contributed by atoms with Crippen LogP contribution in [0.25, 0.3) is 0 Å². The van der Waals surface area contributed by atoms with Crippen LogP contribution in [0.15, 0.2) is 18.3 Å². The van der Waals surface area contributed by atoms with Crippen molar-refractivity contribution in [3.05, 3.63) is 23.9 Å². The summed E-state index contributed by atoms with van der Waals surface area (Å²) in [4.78, 5) is 42.7. The quantitative estimate of drug-likeness (QED) is 0.737. The summed E-state index contributed by atoms with van der Waals surface area (Å²) in [7, 11) is 0. The van der Waals surface area contributed by atoms with E-state index in [1.165, 1.54) is 0 Å². The van der Waals surface area contributed by atoms with Crippen molar-refractivity contribution in [1.29, 1.82) is 0 Å². The topological polar surface area (TPSA) is 101 Å². The smallest absolute Gasteiger partial charge is 0.325 e. The number of pyridine rings is 1. The molecule has 1 aliphatic heterocycles. The van der Waals surface area contributed by atoms with Gasteiger partial charge in [-0.15, -0.1) is 0 Å². The molecule has 2 aliphatic rings. The van der Waals surface area contributed by atoms with Crippen LogP contribution < -0.4 is 15.4 Å². The fraction of sp³-hybridized carbons (Fsp3) is 0.579. The molecule has 8 heteroatoms. The third kappa shape index (κ3) is 3.74. The normalized spacial score (nSPS) is 24.8. The molecule has 4 amide bonds. The summed E-state index contributed by atoms with van der Waals surface area (Å²) >= 11 is 0. The van der Waals surface area contributed by atoms with Crippen LogP contribution in [0.1, 0.15) is 45.1 Å². The van der Waals surface area contributed by atoms with Crippen molar-refractivity contribution in [3.8, 4) is 5.88 Å². The lowest BCUT2D eigenvalue weighted by Gasteiger charge is -2.36. The van der Waals surface area contributed by atoms with Crippen LogP contribution in [0.2, 0.25) is 0 Å². The average Bonchev–Trinajstić information content (AvgIpc) is 2.89. The van der Waals surface area contributed by atoms with E-state index in [4.69, 9.17) is 4.74 Å². The molecule has 3 rings (SSSR count). The lowest BCUT2D eigenvalue weighted by molar-refractivity contribution is -0.137. The van der Waals surface area contributed by atoms with E-state index in [2.05, 4.69) is 15.6 Å². The summed E-state index contributed by atoms with van der Waals surface area (Å²) in [5.41, 5.74) is -0.108. The van der Waals surface area contributed by atoms with Crippen molar-refractivity contribution < 1.29 is 19.1 Å². The number of nitrogens with one attached hydrogen (secondary N) is 2. The monoisotopic (exact) mass is 374 g/mol. The van der Waals surface area contributed by atoms with Gasteiger partial charge in [0.1, 0.15) is 12.1 Å². The molecule has 0 radical (unpaired) electrons. The van der Waals surface area contributed by atoms with Gasteiger partial charge < -0.3 is 15.4 Å². The third-order valence-corrected chi connectivity index (χ3v) is 5.41. The van der Waals surface area contributed by atoms with E-state index in [-0.39, 0.29) is 24.9 Å². The minimum atomic E-state index is -0.846. The highest BCUT2D eigenvalue weighted by atomic mass is 16.5. The molecule has 1 aromatic rings. The van der Waals surface area contributed by atoms with Crippen molar-refractivity contribution in [1.82, 2.24) is 20.5 Å².